The smallest absolute Gasteiger partial charge is 0.307 e. The molecule has 1 N–H and O–H groups in total. The fourth-order valence-corrected chi connectivity index (χ4v) is 2.16. The third-order valence-electron chi connectivity index (χ3n) is 3.63. The fourth-order valence-electron chi connectivity index (χ4n) is 2.16. The number of ether oxygens (including phenoxy) is 1. The van der Waals surface area contributed by atoms with Gasteiger partial charge in [-0.3, -0.25) is 9.59 Å². The number of benzene rings is 1. The van der Waals surface area contributed by atoms with Crippen molar-refractivity contribution >= 4 is 11.9 Å². The Morgan fingerprint density at radius 2 is 2.00 bits per heavy atom. The summed E-state index contributed by atoms with van der Waals surface area (Å²) in [6.07, 6.45) is 0.912. The molecule has 4 nitrogen and oxygen atoms in total. The van der Waals surface area contributed by atoms with E-state index in [2.05, 4.69) is 10.1 Å². The summed E-state index contributed by atoms with van der Waals surface area (Å²) in [7, 11) is 1.30. The van der Waals surface area contributed by atoms with E-state index in [9.17, 15) is 14.0 Å². The van der Waals surface area contributed by atoms with Crippen LogP contribution in [0.25, 0.3) is 0 Å². The number of amides is 1. The Hall–Kier alpha value is -1.91. The molecule has 0 spiro atoms. The van der Waals surface area contributed by atoms with Gasteiger partial charge in [0.1, 0.15) is 5.82 Å². The maximum atomic E-state index is 13.0. The lowest BCUT2D eigenvalue weighted by atomic mass is 10.0. The third kappa shape index (κ3) is 3.56. The number of carbonyl (C=O) groups is 2. The van der Waals surface area contributed by atoms with E-state index in [-0.39, 0.29) is 24.1 Å². The molecule has 2 rings (SSSR count). The minimum atomic E-state index is -0.483. The van der Waals surface area contributed by atoms with Gasteiger partial charge in [0.2, 0.25) is 5.91 Å². The average molecular weight is 279 g/mol. The molecule has 0 unspecified atom stereocenters. The first kappa shape index (κ1) is 14.5. The lowest BCUT2D eigenvalue weighted by molar-refractivity contribution is -0.141. The van der Waals surface area contributed by atoms with E-state index >= 15 is 0 Å². The number of carbonyl (C=O) groups excluding carboxylic acids is 2. The first-order valence-electron chi connectivity index (χ1n) is 6.64. The van der Waals surface area contributed by atoms with Crippen LogP contribution >= 0.6 is 0 Å². The van der Waals surface area contributed by atoms with Crippen molar-refractivity contribution in [3.63, 3.8) is 0 Å². The zero-order chi connectivity index (χ0) is 14.7. The Morgan fingerprint density at radius 1 is 1.40 bits per heavy atom. The number of hydrogen-bond acceptors (Lipinski definition) is 3. The molecule has 1 saturated carbocycles. The van der Waals surface area contributed by atoms with Crippen molar-refractivity contribution in [3.8, 4) is 0 Å². The molecule has 20 heavy (non-hydrogen) atoms. The van der Waals surface area contributed by atoms with Crippen LogP contribution in [-0.2, 0) is 14.3 Å². The van der Waals surface area contributed by atoms with Crippen molar-refractivity contribution in [1.82, 2.24) is 5.32 Å². The van der Waals surface area contributed by atoms with Gasteiger partial charge in [-0.15, -0.1) is 0 Å². The summed E-state index contributed by atoms with van der Waals surface area (Å²) in [5.41, 5.74) is 0.693. The number of hydrogen-bond donors (Lipinski definition) is 1. The quantitative estimate of drug-likeness (QED) is 0.841. The van der Waals surface area contributed by atoms with Gasteiger partial charge in [0, 0.05) is 5.92 Å². The molecular weight excluding hydrogens is 261 g/mol. The summed E-state index contributed by atoms with van der Waals surface area (Å²) < 4.78 is 17.6. The first-order valence-corrected chi connectivity index (χ1v) is 6.64. The summed E-state index contributed by atoms with van der Waals surface area (Å²) in [4.78, 5) is 23.4. The molecule has 0 bridgehead atoms. The van der Waals surface area contributed by atoms with Crippen LogP contribution in [0.5, 0.6) is 0 Å². The van der Waals surface area contributed by atoms with Gasteiger partial charge < -0.3 is 10.1 Å². The predicted octanol–water partition coefficient (Wildman–Crippen LogP) is 2.20. The van der Waals surface area contributed by atoms with Crippen LogP contribution < -0.4 is 5.32 Å². The van der Waals surface area contributed by atoms with E-state index in [4.69, 9.17) is 0 Å². The van der Waals surface area contributed by atoms with Gasteiger partial charge in [-0.05, 0) is 30.0 Å². The molecule has 0 aliphatic heterocycles. The lowest BCUT2D eigenvalue weighted by Gasteiger charge is -2.18. The zero-order valence-electron chi connectivity index (χ0n) is 11.6. The van der Waals surface area contributed by atoms with Crippen molar-refractivity contribution in [1.29, 1.82) is 0 Å². The van der Waals surface area contributed by atoms with Gasteiger partial charge in [0.15, 0.2) is 0 Å². The Labute approximate surface area is 117 Å². The molecule has 1 amide bonds. The largest absolute Gasteiger partial charge is 0.469 e. The fraction of sp³-hybridized carbons (Fsp3) is 0.467. The molecule has 0 heterocycles. The molecule has 1 aliphatic rings. The summed E-state index contributed by atoms with van der Waals surface area (Å²) in [6, 6.07) is 5.28. The van der Waals surface area contributed by atoms with E-state index < -0.39 is 12.0 Å². The summed E-state index contributed by atoms with van der Waals surface area (Å²) >= 11 is 0. The maximum absolute atomic E-state index is 13.0. The van der Waals surface area contributed by atoms with Crippen LogP contribution in [0.15, 0.2) is 24.3 Å². The van der Waals surface area contributed by atoms with Crippen molar-refractivity contribution in [2.24, 2.45) is 11.8 Å². The highest BCUT2D eigenvalue weighted by Gasteiger charge is 2.40. The SMILES string of the molecule is COC(=O)C[C@H](NC(=O)[C@@H]1C[C@@H]1C)c1ccc(F)cc1. The monoisotopic (exact) mass is 279 g/mol. The molecule has 1 fully saturated rings. The molecule has 0 saturated heterocycles. The average Bonchev–Trinajstić information content (AvgIpc) is 3.16. The van der Waals surface area contributed by atoms with Gasteiger partial charge in [0.05, 0.1) is 19.6 Å². The number of methoxy groups -OCH3 is 1. The zero-order valence-corrected chi connectivity index (χ0v) is 11.6. The molecular formula is C15H18FNO3. The summed E-state index contributed by atoms with van der Waals surface area (Å²) in [6.45, 7) is 2.01. The molecule has 0 radical (unpaired) electrons. The molecule has 5 heteroatoms. The second-order valence-electron chi connectivity index (χ2n) is 5.21. The highest BCUT2D eigenvalue weighted by atomic mass is 19.1. The van der Waals surface area contributed by atoms with E-state index in [0.29, 0.717) is 11.5 Å². The second kappa shape index (κ2) is 6.03. The van der Waals surface area contributed by atoms with Gasteiger partial charge in [-0.25, -0.2) is 4.39 Å². The van der Waals surface area contributed by atoms with E-state index in [1.165, 1.54) is 19.2 Å². The molecule has 0 aromatic heterocycles. The van der Waals surface area contributed by atoms with Gasteiger partial charge in [-0.1, -0.05) is 19.1 Å². The van der Waals surface area contributed by atoms with E-state index in [0.717, 1.165) is 6.42 Å². The van der Waals surface area contributed by atoms with Gasteiger partial charge in [0.25, 0.3) is 0 Å². The number of halogens is 1. The maximum Gasteiger partial charge on any atom is 0.307 e. The van der Waals surface area contributed by atoms with Crippen molar-refractivity contribution in [2.75, 3.05) is 7.11 Å². The second-order valence-corrected chi connectivity index (χ2v) is 5.21. The topological polar surface area (TPSA) is 55.4 Å². The van der Waals surface area contributed by atoms with E-state index in [1.54, 1.807) is 12.1 Å². The number of rotatable bonds is 5. The summed E-state index contributed by atoms with van der Waals surface area (Å²) in [5.74, 6) is -0.413. The van der Waals surface area contributed by atoms with E-state index in [1.807, 2.05) is 6.92 Å². The number of esters is 1. The Balaban J connectivity index is 2.09. The highest BCUT2D eigenvalue weighted by Crippen LogP contribution is 2.38. The minimum absolute atomic E-state index is 0.0237. The van der Waals surface area contributed by atoms with Crippen LogP contribution in [0.4, 0.5) is 4.39 Å². The van der Waals surface area contributed by atoms with Crippen LogP contribution in [0.2, 0.25) is 0 Å². The molecule has 1 aromatic rings. The normalized spacial score (nSPS) is 21.9. The number of nitrogens with one attached hydrogen (secondary N) is 1. The lowest BCUT2D eigenvalue weighted by Crippen LogP contribution is -2.32. The highest BCUT2D eigenvalue weighted by molar-refractivity contribution is 5.82. The first-order chi connectivity index (χ1) is 9.51. The van der Waals surface area contributed by atoms with Crippen LogP contribution in [0, 0.1) is 17.7 Å². The molecule has 1 aliphatic carbocycles. The Bertz CT molecular complexity index is 500. The van der Waals surface area contributed by atoms with Crippen LogP contribution in [0.1, 0.15) is 31.4 Å². The molecule has 108 valence electrons. The van der Waals surface area contributed by atoms with Crippen molar-refractivity contribution in [3.05, 3.63) is 35.6 Å². The van der Waals surface area contributed by atoms with Gasteiger partial charge >= 0.3 is 5.97 Å². The summed E-state index contributed by atoms with van der Waals surface area (Å²) in [5, 5.41) is 2.85. The van der Waals surface area contributed by atoms with Crippen LogP contribution in [0.3, 0.4) is 0 Å². The minimum Gasteiger partial charge on any atom is -0.469 e. The predicted molar refractivity (Wildman–Crippen MR) is 71.2 cm³/mol. The van der Waals surface area contributed by atoms with Gasteiger partial charge in [-0.2, -0.15) is 0 Å². The van der Waals surface area contributed by atoms with Crippen LogP contribution in [-0.4, -0.2) is 19.0 Å². The third-order valence-corrected chi connectivity index (χ3v) is 3.63. The van der Waals surface area contributed by atoms with Crippen molar-refractivity contribution in [2.45, 2.75) is 25.8 Å². The molecule has 1 aromatic carbocycles. The Morgan fingerprint density at radius 3 is 2.50 bits per heavy atom. The standard InChI is InChI=1S/C15H18FNO3/c1-9-7-12(9)15(19)17-13(8-14(18)20-2)10-3-5-11(16)6-4-10/h3-6,9,12-13H,7-8H2,1-2H3,(H,17,19)/t9-,12+,13-/m0/s1. The Kier molecular flexibility index (Phi) is 4.37. The molecule has 3 atom stereocenters. The van der Waals surface area contributed by atoms with Crippen molar-refractivity contribution < 1.29 is 18.7 Å².